The predicted molar refractivity (Wildman–Crippen MR) is 67.7 cm³/mol. The van der Waals surface area contributed by atoms with Crippen molar-refractivity contribution in [3.05, 3.63) is 47.3 Å². The highest BCUT2D eigenvalue weighted by molar-refractivity contribution is 6.04. The molecule has 5 nitrogen and oxygen atoms in total. The zero-order valence-corrected chi connectivity index (χ0v) is 10.2. The molecule has 0 aliphatic rings. The molecule has 0 spiro atoms. The monoisotopic (exact) mass is 243 g/mol. The molecule has 0 saturated carbocycles. The topological polar surface area (TPSA) is 74.8 Å². The second kappa shape index (κ2) is 4.83. The number of nitrogens with zero attached hydrogens (tertiary/aromatic N) is 1. The molecule has 0 aliphatic carbocycles. The van der Waals surface area contributed by atoms with Gasteiger partial charge >= 0.3 is 0 Å². The van der Waals surface area contributed by atoms with E-state index in [4.69, 9.17) is 0 Å². The SMILES string of the molecule is CC(=O)c1ccc(NC(=O)c2[nH]ncc2C)cc1. The average molecular weight is 243 g/mol. The van der Waals surface area contributed by atoms with Gasteiger partial charge in [-0.15, -0.1) is 0 Å². The molecule has 2 aromatic rings. The minimum atomic E-state index is -0.249. The Balaban J connectivity index is 2.13. The summed E-state index contributed by atoms with van der Waals surface area (Å²) < 4.78 is 0. The van der Waals surface area contributed by atoms with Gasteiger partial charge in [0.15, 0.2) is 5.78 Å². The molecule has 18 heavy (non-hydrogen) atoms. The third-order valence-corrected chi connectivity index (χ3v) is 2.61. The Kier molecular flexibility index (Phi) is 3.23. The highest BCUT2D eigenvalue weighted by Crippen LogP contribution is 2.12. The summed E-state index contributed by atoms with van der Waals surface area (Å²) in [6.07, 6.45) is 1.59. The normalized spacial score (nSPS) is 10.1. The maximum Gasteiger partial charge on any atom is 0.273 e. The van der Waals surface area contributed by atoms with E-state index in [1.54, 1.807) is 37.4 Å². The van der Waals surface area contributed by atoms with Gasteiger partial charge in [0.25, 0.3) is 5.91 Å². The fourth-order valence-corrected chi connectivity index (χ4v) is 1.56. The van der Waals surface area contributed by atoms with Crippen molar-refractivity contribution in [2.45, 2.75) is 13.8 Å². The lowest BCUT2D eigenvalue weighted by Crippen LogP contribution is -2.13. The van der Waals surface area contributed by atoms with Crippen molar-refractivity contribution in [3.8, 4) is 0 Å². The van der Waals surface area contributed by atoms with Gasteiger partial charge in [0.05, 0.1) is 6.20 Å². The molecule has 2 rings (SSSR count). The lowest BCUT2D eigenvalue weighted by molar-refractivity contribution is 0.101. The molecule has 0 radical (unpaired) electrons. The Morgan fingerprint density at radius 3 is 2.39 bits per heavy atom. The highest BCUT2D eigenvalue weighted by Gasteiger charge is 2.11. The number of amides is 1. The number of H-pyrrole nitrogens is 1. The van der Waals surface area contributed by atoms with Crippen molar-refractivity contribution < 1.29 is 9.59 Å². The van der Waals surface area contributed by atoms with Crippen LogP contribution in [0, 0.1) is 6.92 Å². The lowest BCUT2D eigenvalue weighted by Gasteiger charge is -2.04. The van der Waals surface area contributed by atoms with Gasteiger partial charge in [0.2, 0.25) is 0 Å². The van der Waals surface area contributed by atoms with Crippen LogP contribution in [0.25, 0.3) is 0 Å². The first-order valence-electron chi connectivity index (χ1n) is 5.50. The Labute approximate surface area is 104 Å². The number of carbonyl (C=O) groups is 2. The van der Waals surface area contributed by atoms with Crippen LogP contribution in [0.4, 0.5) is 5.69 Å². The molecule has 0 atom stereocenters. The van der Waals surface area contributed by atoms with E-state index in [0.29, 0.717) is 16.9 Å². The van der Waals surface area contributed by atoms with Crippen molar-refractivity contribution in [2.75, 3.05) is 5.32 Å². The first-order valence-corrected chi connectivity index (χ1v) is 5.50. The Hall–Kier alpha value is -2.43. The quantitative estimate of drug-likeness (QED) is 0.811. The summed E-state index contributed by atoms with van der Waals surface area (Å²) >= 11 is 0. The Morgan fingerprint density at radius 1 is 1.22 bits per heavy atom. The molecular weight excluding hydrogens is 230 g/mol. The van der Waals surface area contributed by atoms with E-state index in [1.807, 2.05) is 0 Å². The number of ketones is 1. The zero-order valence-electron chi connectivity index (χ0n) is 10.2. The van der Waals surface area contributed by atoms with E-state index >= 15 is 0 Å². The first-order chi connectivity index (χ1) is 8.58. The number of benzene rings is 1. The lowest BCUT2D eigenvalue weighted by atomic mass is 10.1. The van der Waals surface area contributed by atoms with Crippen LogP contribution in [0.1, 0.15) is 33.3 Å². The summed E-state index contributed by atoms with van der Waals surface area (Å²) in [5.74, 6) is -0.252. The second-order valence-corrected chi connectivity index (χ2v) is 4.02. The molecule has 1 aromatic carbocycles. The third kappa shape index (κ3) is 2.45. The number of rotatable bonds is 3. The molecule has 0 saturated heterocycles. The van der Waals surface area contributed by atoms with Gasteiger partial charge in [0, 0.05) is 11.3 Å². The van der Waals surface area contributed by atoms with E-state index in [2.05, 4.69) is 15.5 Å². The van der Waals surface area contributed by atoms with Crippen molar-refractivity contribution in [3.63, 3.8) is 0 Å². The fourth-order valence-electron chi connectivity index (χ4n) is 1.56. The molecule has 2 N–H and O–H groups in total. The molecule has 0 unspecified atom stereocenters. The molecule has 0 aliphatic heterocycles. The predicted octanol–water partition coefficient (Wildman–Crippen LogP) is 2.17. The van der Waals surface area contributed by atoms with Gasteiger partial charge in [-0.25, -0.2) is 0 Å². The van der Waals surface area contributed by atoms with E-state index in [-0.39, 0.29) is 11.7 Å². The number of aromatic nitrogens is 2. The van der Waals surface area contributed by atoms with Gasteiger partial charge in [-0.2, -0.15) is 5.10 Å². The second-order valence-electron chi connectivity index (χ2n) is 4.02. The van der Waals surface area contributed by atoms with Crippen LogP contribution in [0.2, 0.25) is 0 Å². The zero-order chi connectivity index (χ0) is 13.1. The molecule has 0 bridgehead atoms. The van der Waals surface area contributed by atoms with Crippen molar-refractivity contribution in [2.24, 2.45) is 0 Å². The van der Waals surface area contributed by atoms with Crippen molar-refractivity contribution >= 4 is 17.4 Å². The van der Waals surface area contributed by atoms with Crippen LogP contribution >= 0.6 is 0 Å². The minimum absolute atomic E-state index is 0.00251. The molecule has 1 aromatic heterocycles. The van der Waals surface area contributed by atoms with Gasteiger partial charge in [-0.1, -0.05) is 0 Å². The molecular formula is C13H13N3O2. The van der Waals surface area contributed by atoms with Crippen LogP contribution < -0.4 is 5.32 Å². The number of hydrogen-bond donors (Lipinski definition) is 2. The summed E-state index contributed by atoms with van der Waals surface area (Å²) in [7, 11) is 0. The van der Waals surface area contributed by atoms with Crippen LogP contribution in [0.3, 0.4) is 0 Å². The summed E-state index contributed by atoms with van der Waals surface area (Å²) in [6.45, 7) is 3.30. The highest BCUT2D eigenvalue weighted by atomic mass is 16.2. The number of nitrogens with one attached hydrogen (secondary N) is 2. The van der Waals surface area contributed by atoms with Gasteiger partial charge in [-0.05, 0) is 43.7 Å². The maximum absolute atomic E-state index is 11.9. The smallest absolute Gasteiger partial charge is 0.273 e. The van der Waals surface area contributed by atoms with Crippen LogP contribution in [0.5, 0.6) is 0 Å². The fraction of sp³-hybridized carbons (Fsp3) is 0.154. The van der Waals surface area contributed by atoms with Crippen LogP contribution in [-0.4, -0.2) is 21.9 Å². The average Bonchev–Trinajstić information content (AvgIpc) is 2.76. The first kappa shape index (κ1) is 12.0. The van der Waals surface area contributed by atoms with E-state index < -0.39 is 0 Å². The number of aromatic amines is 1. The Bertz CT molecular complexity index is 585. The minimum Gasteiger partial charge on any atom is -0.321 e. The maximum atomic E-state index is 11.9. The molecule has 1 heterocycles. The summed E-state index contributed by atoms with van der Waals surface area (Å²) in [6, 6.07) is 6.75. The summed E-state index contributed by atoms with van der Waals surface area (Å²) in [5, 5.41) is 9.16. The molecule has 1 amide bonds. The molecule has 0 fully saturated rings. The van der Waals surface area contributed by atoms with E-state index in [0.717, 1.165) is 5.56 Å². The number of anilines is 1. The number of hydrogen-bond acceptors (Lipinski definition) is 3. The van der Waals surface area contributed by atoms with E-state index in [1.165, 1.54) is 6.92 Å². The Morgan fingerprint density at radius 2 is 1.89 bits per heavy atom. The molecule has 92 valence electrons. The van der Waals surface area contributed by atoms with Gasteiger partial charge in [-0.3, -0.25) is 14.7 Å². The van der Waals surface area contributed by atoms with Crippen LogP contribution in [-0.2, 0) is 0 Å². The summed E-state index contributed by atoms with van der Waals surface area (Å²) in [5.41, 5.74) is 2.48. The number of Topliss-reactive ketones (excluding diaryl/α,β-unsaturated/α-hetero) is 1. The number of carbonyl (C=O) groups excluding carboxylic acids is 2. The third-order valence-electron chi connectivity index (χ3n) is 2.61. The van der Waals surface area contributed by atoms with Crippen LogP contribution in [0.15, 0.2) is 30.5 Å². The number of aryl methyl sites for hydroxylation is 1. The van der Waals surface area contributed by atoms with Crippen molar-refractivity contribution in [1.29, 1.82) is 0 Å². The van der Waals surface area contributed by atoms with Gasteiger partial charge in [0.1, 0.15) is 5.69 Å². The van der Waals surface area contributed by atoms with Crippen molar-refractivity contribution in [1.82, 2.24) is 10.2 Å². The summed E-state index contributed by atoms with van der Waals surface area (Å²) in [4.78, 5) is 23.0. The van der Waals surface area contributed by atoms with E-state index in [9.17, 15) is 9.59 Å². The molecule has 5 heteroatoms. The largest absolute Gasteiger partial charge is 0.321 e. The van der Waals surface area contributed by atoms with Gasteiger partial charge < -0.3 is 5.32 Å². The standard InChI is InChI=1S/C13H13N3O2/c1-8-7-14-16-12(8)13(18)15-11-5-3-10(4-6-11)9(2)17/h3-7H,1-2H3,(H,14,16)(H,15,18).